The van der Waals surface area contributed by atoms with Gasteiger partial charge in [0.15, 0.2) is 4.96 Å². The van der Waals surface area contributed by atoms with E-state index in [0.717, 1.165) is 47.7 Å². The number of hydrogen-bond acceptors (Lipinski definition) is 3. The number of likely N-dealkylation sites (tertiary alicyclic amines) is 1. The number of nitrogens with zero attached hydrogens (tertiary/aromatic N) is 3. The van der Waals surface area contributed by atoms with Gasteiger partial charge in [-0.2, -0.15) is 0 Å². The van der Waals surface area contributed by atoms with Crippen LogP contribution in [-0.2, 0) is 17.6 Å². The molecule has 5 rings (SSSR count). The Morgan fingerprint density at radius 3 is 2.70 bits per heavy atom. The summed E-state index contributed by atoms with van der Waals surface area (Å²) in [7, 11) is 0. The van der Waals surface area contributed by atoms with Gasteiger partial charge in [-0.3, -0.25) is 9.20 Å². The monoisotopic (exact) mass is 421 g/mol. The lowest BCUT2D eigenvalue weighted by Gasteiger charge is -2.39. The third-order valence-corrected chi connectivity index (χ3v) is 7.90. The van der Waals surface area contributed by atoms with E-state index < -0.39 is 0 Å². The molecule has 3 heterocycles. The van der Waals surface area contributed by atoms with Crippen molar-refractivity contribution in [2.75, 3.05) is 6.54 Å². The third kappa shape index (κ3) is 3.47. The Hall–Kier alpha value is -2.14. The van der Waals surface area contributed by atoms with Crippen molar-refractivity contribution in [3.8, 4) is 11.3 Å². The molecule has 0 radical (unpaired) electrons. The standard InChI is InChI=1S/C25H31N3OS/c1-5-17-6-8-18(9-7-17)21-13-27-19(14-30-23(27)26-21)10-22(29)28-16-25(4)12-20(28)11-24(2,3)15-25/h6-9,13-14,20H,5,10-12,15-16H2,1-4H3. The van der Waals surface area contributed by atoms with Crippen molar-refractivity contribution in [3.05, 3.63) is 47.1 Å². The molecule has 2 aromatic heterocycles. The molecule has 1 amide bonds. The summed E-state index contributed by atoms with van der Waals surface area (Å²) in [5, 5.41) is 2.10. The Balaban J connectivity index is 1.37. The summed E-state index contributed by atoms with van der Waals surface area (Å²) in [5.41, 5.74) is 5.09. The number of carbonyl (C=O) groups excluding carboxylic acids is 1. The molecule has 2 atom stereocenters. The first-order valence-electron chi connectivity index (χ1n) is 11.1. The van der Waals surface area contributed by atoms with E-state index >= 15 is 0 Å². The number of carbonyl (C=O) groups is 1. The molecule has 0 spiro atoms. The molecule has 2 fully saturated rings. The highest BCUT2D eigenvalue weighted by molar-refractivity contribution is 7.15. The lowest BCUT2D eigenvalue weighted by Crippen LogP contribution is -2.38. The van der Waals surface area contributed by atoms with Crippen LogP contribution in [0.5, 0.6) is 0 Å². The van der Waals surface area contributed by atoms with Crippen molar-refractivity contribution in [1.29, 1.82) is 0 Å². The van der Waals surface area contributed by atoms with Crippen LogP contribution in [0.15, 0.2) is 35.8 Å². The zero-order valence-corrected chi connectivity index (χ0v) is 19.3. The summed E-state index contributed by atoms with van der Waals surface area (Å²) in [6, 6.07) is 9.02. The molecule has 158 valence electrons. The maximum atomic E-state index is 13.3. The topological polar surface area (TPSA) is 37.6 Å². The van der Waals surface area contributed by atoms with Gasteiger partial charge >= 0.3 is 0 Å². The first-order chi connectivity index (χ1) is 14.3. The number of amides is 1. The van der Waals surface area contributed by atoms with Gasteiger partial charge in [-0.05, 0) is 42.1 Å². The minimum Gasteiger partial charge on any atom is -0.339 e. The van der Waals surface area contributed by atoms with Gasteiger partial charge in [0.25, 0.3) is 0 Å². The van der Waals surface area contributed by atoms with Crippen molar-refractivity contribution < 1.29 is 4.79 Å². The van der Waals surface area contributed by atoms with Crippen LogP contribution < -0.4 is 0 Å². The number of imidazole rings is 1. The smallest absolute Gasteiger partial charge is 0.228 e. The Labute approximate surface area is 182 Å². The molecule has 1 aliphatic carbocycles. The molecule has 2 bridgehead atoms. The van der Waals surface area contributed by atoms with Crippen molar-refractivity contribution >= 4 is 22.2 Å². The fourth-order valence-electron chi connectivity index (χ4n) is 6.01. The summed E-state index contributed by atoms with van der Waals surface area (Å²) in [6.45, 7) is 10.2. The maximum absolute atomic E-state index is 13.3. The van der Waals surface area contributed by atoms with Gasteiger partial charge in [0.2, 0.25) is 5.91 Å². The van der Waals surface area contributed by atoms with Gasteiger partial charge in [-0.1, -0.05) is 52.0 Å². The average molecular weight is 422 g/mol. The lowest BCUT2D eigenvalue weighted by atomic mass is 9.65. The largest absolute Gasteiger partial charge is 0.339 e. The van der Waals surface area contributed by atoms with Crippen molar-refractivity contribution in [1.82, 2.24) is 14.3 Å². The Kier molecular flexibility index (Phi) is 4.58. The third-order valence-electron chi connectivity index (χ3n) is 7.01. The van der Waals surface area contributed by atoms with Crippen LogP contribution in [0.25, 0.3) is 16.2 Å². The van der Waals surface area contributed by atoms with Crippen LogP contribution in [0, 0.1) is 10.8 Å². The molecule has 3 aromatic rings. The normalized spacial score (nSPS) is 25.2. The lowest BCUT2D eigenvalue weighted by molar-refractivity contribution is -0.131. The van der Waals surface area contributed by atoms with Gasteiger partial charge in [0.05, 0.1) is 12.1 Å². The van der Waals surface area contributed by atoms with E-state index in [1.54, 1.807) is 11.3 Å². The van der Waals surface area contributed by atoms with Crippen LogP contribution in [0.4, 0.5) is 0 Å². The number of hydrogen-bond donors (Lipinski definition) is 0. The summed E-state index contributed by atoms with van der Waals surface area (Å²) >= 11 is 1.62. The quantitative estimate of drug-likeness (QED) is 0.550. The second kappa shape index (κ2) is 6.94. The number of aryl methyl sites for hydroxylation is 1. The SMILES string of the molecule is CCc1ccc(-c2cn3c(CC(=O)N4CC5(C)CC4CC(C)(C)C5)csc3n2)cc1. The summed E-state index contributed by atoms with van der Waals surface area (Å²) in [4.78, 5) is 21.2. The molecular formula is C25H31N3OS. The first-order valence-corrected chi connectivity index (χ1v) is 12.0. The zero-order chi connectivity index (χ0) is 21.1. The highest BCUT2D eigenvalue weighted by Gasteiger charge is 2.50. The Morgan fingerprint density at radius 1 is 1.20 bits per heavy atom. The molecule has 2 aliphatic rings. The van der Waals surface area contributed by atoms with E-state index in [1.165, 1.54) is 12.0 Å². The zero-order valence-electron chi connectivity index (χ0n) is 18.4. The number of thiazole rings is 1. The second-order valence-electron chi connectivity index (χ2n) is 10.5. The molecule has 5 heteroatoms. The Morgan fingerprint density at radius 2 is 1.97 bits per heavy atom. The number of fused-ring (bicyclic) bond motifs is 3. The molecule has 1 aromatic carbocycles. The highest BCUT2D eigenvalue weighted by Crippen LogP contribution is 2.52. The van der Waals surface area contributed by atoms with Gasteiger partial charge < -0.3 is 4.90 Å². The van der Waals surface area contributed by atoms with Crippen LogP contribution in [0.1, 0.15) is 58.2 Å². The average Bonchev–Trinajstić information content (AvgIpc) is 3.33. The first kappa shape index (κ1) is 19.8. The fraction of sp³-hybridized carbons (Fsp3) is 0.520. The van der Waals surface area contributed by atoms with E-state index in [-0.39, 0.29) is 11.3 Å². The van der Waals surface area contributed by atoms with E-state index in [9.17, 15) is 4.79 Å². The minimum absolute atomic E-state index is 0.267. The predicted octanol–water partition coefficient (Wildman–Crippen LogP) is 5.59. The second-order valence-corrected chi connectivity index (χ2v) is 11.3. The number of aromatic nitrogens is 2. The Bertz CT molecular complexity index is 1090. The van der Waals surface area contributed by atoms with Crippen LogP contribution >= 0.6 is 11.3 Å². The molecule has 1 saturated heterocycles. The van der Waals surface area contributed by atoms with E-state index in [4.69, 9.17) is 4.98 Å². The molecular weight excluding hydrogens is 390 g/mol. The van der Waals surface area contributed by atoms with Crippen molar-refractivity contribution in [2.45, 2.75) is 65.8 Å². The summed E-state index contributed by atoms with van der Waals surface area (Å²) in [5.74, 6) is 0.267. The van der Waals surface area contributed by atoms with Crippen LogP contribution in [-0.4, -0.2) is 32.8 Å². The minimum atomic E-state index is 0.267. The molecule has 1 aliphatic heterocycles. The molecule has 0 N–H and O–H groups in total. The molecule has 30 heavy (non-hydrogen) atoms. The van der Waals surface area contributed by atoms with Crippen LogP contribution in [0.2, 0.25) is 0 Å². The van der Waals surface area contributed by atoms with Crippen LogP contribution in [0.3, 0.4) is 0 Å². The number of rotatable bonds is 4. The molecule has 2 unspecified atom stereocenters. The van der Waals surface area contributed by atoms with Gasteiger partial charge in [-0.15, -0.1) is 11.3 Å². The van der Waals surface area contributed by atoms with Crippen molar-refractivity contribution in [2.24, 2.45) is 10.8 Å². The van der Waals surface area contributed by atoms with E-state index in [0.29, 0.717) is 17.9 Å². The highest BCUT2D eigenvalue weighted by atomic mass is 32.1. The van der Waals surface area contributed by atoms with E-state index in [2.05, 4.69) is 72.8 Å². The fourth-order valence-corrected chi connectivity index (χ4v) is 6.89. The predicted molar refractivity (Wildman–Crippen MR) is 123 cm³/mol. The molecule has 4 nitrogen and oxygen atoms in total. The van der Waals surface area contributed by atoms with Gasteiger partial charge in [0.1, 0.15) is 0 Å². The van der Waals surface area contributed by atoms with Gasteiger partial charge in [-0.25, -0.2) is 4.98 Å². The van der Waals surface area contributed by atoms with Crippen molar-refractivity contribution in [3.63, 3.8) is 0 Å². The molecule has 1 saturated carbocycles. The van der Waals surface area contributed by atoms with Gasteiger partial charge in [0, 0.05) is 35.4 Å². The van der Waals surface area contributed by atoms with E-state index in [1.807, 2.05) is 0 Å². The summed E-state index contributed by atoms with van der Waals surface area (Å²) in [6.07, 6.45) is 7.07. The maximum Gasteiger partial charge on any atom is 0.228 e. The summed E-state index contributed by atoms with van der Waals surface area (Å²) < 4.78 is 2.11. The number of benzene rings is 1.